The maximum absolute atomic E-state index is 12.8. The van der Waals surface area contributed by atoms with Gasteiger partial charge < -0.3 is 5.32 Å². The number of nitriles is 1. The minimum atomic E-state index is -3.52. The first-order valence-electron chi connectivity index (χ1n) is 10.5. The van der Waals surface area contributed by atoms with Crippen LogP contribution in [0.1, 0.15) is 64.9 Å². The highest BCUT2D eigenvalue weighted by molar-refractivity contribution is 7.89. The second-order valence-corrected chi connectivity index (χ2v) is 10.9. The Labute approximate surface area is 181 Å². The summed E-state index contributed by atoms with van der Waals surface area (Å²) in [6, 6.07) is 8.33. The third-order valence-electron chi connectivity index (χ3n) is 5.83. The number of benzene rings is 1. The monoisotopic (exact) mass is 443 g/mol. The molecule has 6 nitrogen and oxygen atoms in total. The number of sulfonamides is 1. The lowest BCUT2D eigenvalue weighted by Gasteiger charge is -2.25. The summed E-state index contributed by atoms with van der Waals surface area (Å²) in [6.45, 7) is 1.09. The molecule has 2 aliphatic rings. The van der Waals surface area contributed by atoms with Gasteiger partial charge in [-0.1, -0.05) is 12.8 Å². The van der Waals surface area contributed by atoms with E-state index in [4.69, 9.17) is 0 Å². The molecule has 1 saturated heterocycles. The highest BCUT2D eigenvalue weighted by Crippen LogP contribution is 2.37. The Hall–Kier alpha value is -2.21. The molecule has 0 bridgehead atoms. The third kappa shape index (κ3) is 4.15. The summed E-state index contributed by atoms with van der Waals surface area (Å²) < 4.78 is 27.1. The molecule has 30 heavy (non-hydrogen) atoms. The van der Waals surface area contributed by atoms with Crippen molar-refractivity contribution in [2.75, 3.05) is 18.4 Å². The average Bonchev–Trinajstić information content (AvgIpc) is 2.93. The summed E-state index contributed by atoms with van der Waals surface area (Å²) in [4.78, 5) is 14.2. The number of carbonyl (C=O) groups excluding carboxylic acids is 1. The van der Waals surface area contributed by atoms with E-state index in [2.05, 4.69) is 11.4 Å². The van der Waals surface area contributed by atoms with Gasteiger partial charge in [-0.2, -0.15) is 9.57 Å². The number of hydrogen-bond donors (Lipinski definition) is 1. The number of nitrogens with zero attached hydrogens (tertiary/aromatic N) is 2. The van der Waals surface area contributed by atoms with E-state index in [1.807, 2.05) is 0 Å². The van der Waals surface area contributed by atoms with Crippen molar-refractivity contribution < 1.29 is 13.2 Å². The van der Waals surface area contributed by atoms with Gasteiger partial charge in [0.05, 0.1) is 10.5 Å². The third-order valence-corrected chi connectivity index (χ3v) is 8.95. The van der Waals surface area contributed by atoms with Crippen molar-refractivity contribution in [2.45, 2.75) is 56.3 Å². The summed E-state index contributed by atoms with van der Waals surface area (Å²) in [5.74, 6) is -0.329. The molecule has 1 amide bonds. The van der Waals surface area contributed by atoms with E-state index in [1.54, 1.807) is 0 Å². The van der Waals surface area contributed by atoms with Crippen molar-refractivity contribution in [3.05, 3.63) is 45.8 Å². The topological polar surface area (TPSA) is 90.3 Å². The Morgan fingerprint density at radius 1 is 1.00 bits per heavy atom. The van der Waals surface area contributed by atoms with Crippen molar-refractivity contribution in [1.29, 1.82) is 5.26 Å². The Morgan fingerprint density at radius 3 is 2.37 bits per heavy atom. The van der Waals surface area contributed by atoms with Crippen molar-refractivity contribution in [3.8, 4) is 6.07 Å². The molecule has 0 radical (unpaired) electrons. The Bertz CT molecular complexity index is 1080. The first kappa shape index (κ1) is 21.0. The molecule has 0 unspecified atom stereocenters. The molecular formula is C22H25N3O3S2. The number of thiophene rings is 1. The molecule has 1 fully saturated rings. The summed E-state index contributed by atoms with van der Waals surface area (Å²) in [5.41, 5.74) is 2.04. The molecule has 1 N–H and O–H groups in total. The van der Waals surface area contributed by atoms with Crippen molar-refractivity contribution in [1.82, 2.24) is 4.31 Å². The summed E-state index contributed by atoms with van der Waals surface area (Å²) in [6.07, 6.45) is 8.00. The molecule has 4 rings (SSSR count). The van der Waals surface area contributed by atoms with E-state index in [9.17, 15) is 18.5 Å². The Kier molecular flexibility index (Phi) is 6.23. The number of fused-ring (bicyclic) bond motifs is 1. The van der Waals surface area contributed by atoms with E-state index in [-0.39, 0.29) is 10.8 Å². The van der Waals surface area contributed by atoms with Gasteiger partial charge in [0, 0.05) is 23.5 Å². The Morgan fingerprint density at radius 2 is 1.67 bits per heavy atom. The SMILES string of the molecule is N#Cc1c(NC(=O)c2ccc(S(=O)(=O)N3CCCCC3)cc2)sc2c1CCCCC2. The number of piperidine rings is 1. The maximum Gasteiger partial charge on any atom is 0.256 e. The van der Waals surface area contributed by atoms with Crippen LogP contribution in [0.3, 0.4) is 0 Å². The van der Waals surface area contributed by atoms with E-state index in [1.165, 1.54) is 51.2 Å². The van der Waals surface area contributed by atoms with Gasteiger partial charge in [0.2, 0.25) is 10.0 Å². The van der Waals surface area contributed by atoms with Gasteiger partial charge in [-0.15, -0.1) is 11.3 Å². The second kappa shape index (κ2) is 8.88. The van der Waals surface area contributed by atoms with Crippen LogP contribution in [-0.2, 0) is 22.9 Å². The van der Waals surface area contributed by atoms with E-state index in [0.717, 1.165) is 50.5 Å². The van der Waals surface area contributed by atoms with Gasteiger partial charge >= 0.3 is 0 Å². The highest BCUT2D eigenvalue weighted by Gasteiger charge is 2.26. The number of hydrogen-bond acceptors (Lipinski definition) is 5. The van der Waals surface area contributed by atoms with Gasteiger partial charge in [0.15, 0.2) is 0 Å². The van der Waals surface area contributed by atoms with Crippen LogP contribution in [0, 0.1) is 11.3 Å². The van der Waals surface area contributed by atoms with Crippen LogP contribution in [0.4, 0.5) is 5.00 Å². The molecule has 0 atom stereocenters. The van der Waals surface area contributed by atoms with E-state index >= 15 is 0 Å². The van der Waals surface area contributed by atoms with Crippen LogP contribution in [0.25, 0.3) is 0 Å². The second-order valence-electron chi connectivity index (χ2n) is 7.82. The Balaban J connectivity index is 1.52. The predicted molar refractivity (Wildman–Crippen MR) is 117 cm³/mol. The van der Waals surface area contributed by atoms with E-state index in [0.29, 0.717) is 29.2 Å². The smallest absolute Gasteiger partial charge is 0.256 e. The highest BCUT2D eigenvalue weighted by atomic mass is 32.2. The fraction of sp³-hybridized carbons (Fsp3) is 0.455. The molecule has 8 heteroatoms. The zero-order valence-corrected chi connectivity index (χ0v) is 18.4. The standard InChI is InChI=1S/C22H25N3O3S2/c23-15-19-18-7-3-1-4-8-20(18)29-22(19)24-21(26)16-9-11-17(12-10-16)30(27,28)25-13-5-2-6-14-25/h9-12H,1-8,13-14H2,(H,24,26). The molecule has 2 heterocycles. The van der Waals surface area contributed by atoms with Crippen molar-refractivity contribution in [3.63, 3.8) is 0 Å². The zero-order valence-electron chi connectivity index (χ0n) is 16.8. The van der Waals surface area contributed by atoms with Gasteiger partial charge in [-0.25, -0.2) is 8.42 Å². The molecule has 0 spiro atoms. The molecule has 1 aromatic carbocycles. The molecule has 158 valence electrons. The quantitative estimate of drug-likeness (QED) is 0.713. The minimum Gasteiger partial charge on any atom is -0.312 e. The van der Waals surface area contributed by atoms with Crippen LogP contribution in [0.5, 0.6) is 0 Å². The molecular weight excluding hydrogens is 418 g/mol. The van der Waals surface area contributed by atoms with Crippen LogP contribution in [0.15, 0.2) is 29.2 Å². The largest absolute Gasteiger partial charge is 0.312 e. The van der Waals surface area contributed by atoms with Crippen LogP contribution in [0.2, 0.25) is 0 Å². The number of anilines is 1. The minimum absolute atomic E-state index is 0.210. The summed E-state index contributed by atoms with van der Waals surface area (Å²) in [5, 5.41) is 13.1. The van der Waals surface area contributed by atoms with Crippen LogP contribution in [-0.4, -0.2) is 31.7 Å². The van der Waals surface area contributed by atoms with Crippen molar-refractivity contribution in [2.24, 2.45) is 0 Å². The summed E-state index contributed by atoms with van der Waals surface area (Å²) in [7, 11) is -3.52. The number of nitrogens with one attached hydrogen (secondary N) is 1. The van der Waals surface area contributed by atoms with Crippen LogP contribution >= 0.6 is 11.3 Å². The normalized spacial score (nSPS) is 17.6. The maximum atomic E-state index is 12.8. The lowest BCUT2D eigenvalue weighted by Crippen LogP contribution is -2.35. The molecule has 1 aliphatic carbocycles. The first-order valence-corrected chi connectivity index (χ1v) is 12.7. The van der Waals surface area contributed by atoms with E-state index < -0.39 is 10.0 Å². The molecule has 2 aromatic rings. The number of aryl methyl sites for hydroxylation is 1. The zero-order chi connectivity index (χ0) is 21.1. The predicted octanol–water partition coefficient (Wildman–Crippen LogP) is 4.32. The van der Waals surface area contributed by atoms with Gasteiger partial charge in [-0.3, -0.25) is 4.79 Å². The van der Waals surface area contributed by atoms with Crippen molar-refractivity contribution >= 4 is 32.3 Å². The molecule has 1 aromatic heterocycles. The average molecular weight is 444 g/mol. The summed E-state index contributed by atoms with van der Waals surface area (Å²) >= 11 is 1.49. The fourth-order valence-electron chi connectivity index (χ4n) is 4.16. The number of carbonyl (C=O) groups is 1. The lowest BCUT2D eigenvalue weighted by molar-refractivity contribution is 0.102. The molecule has 1 aliphatic heterocycles. The lowest BCUT2D eigenvalue weighted by atomic mass is 10.1. The first-order chi connectivity index (χ1) is 14.5. The van der Waals surface area contributed by atoms with Gasteiger partial charge in [0.25, 0.3) is 5.91 Å². The van der Waals surface area contributed by atoms with Gasteiger partial charge in [-0.05, 0) is 68.4 Å². The van der Waals surface area contributed by atoms with Gasteiger partial charge in [0.1, 0.15) is 11.1 Å². The van der Waals surface area contributed by atoms with Crippen LogP contribution < -0.4 is 5.32 Å². The number of amides is 1. The molecule has 0 saturated carbocycles. The fourth-order valence-corrected chi connectivity index (χ4v) is 6.91. The number of rotatable bonds is 4.